The van der Waals surface area contributed by atoms with Crippen molar-refractivity contribution in [2.75, 3.05) is 33.2 Å². The maximum atomic E-state index is 4.37. The summed E-state index contributed by atoms with van der Waals surface area (Å²) in [5, 5.41) is 7.01. The number of likely N-dealkylation sites (tertiary alicyclic amines) is 1. The molecule has 1 aromatic carbocycles. The zero-order chi connectivity index (χ0) is 17.4. The molecule has 1 saturated heterocycles. The highest BCUT2D eigenvalue weighted by Crippen LogP contribution is 2.10. The van der Waals surface area contributed by atoms with Gasteiger partial charge in [0.1, 0.15) is 0 Å². The minimum absolute atomic E-state index is 0. The van der Waals surface area contributed by atoms with Gasteiger partial charge in [0.05, 0.1) is 0 Å². The van der Waals surface area contributed by atoms with E-state index in [1.165, 1.54) is 16.7 Å². The van der Waals surface area contributed by atoms with Crippen LogP contribution in [0.1, 0.15) is 29.5 Å². The molecule has 0 bridgehead atoms. The van der Waals surface area contributed by atoms with Gasteiger partial charge in [-0.3, -0.25) is 9.89 Å². The van der Waals surface area contributed by atoms with Crippen LogP contribution in [-0.2, 0) is 6.42 Å². The van der Waals surface area contributed by atoms with Crippen molar-refractivity contribution in [2.24, 2.45) is 4.99 Å². The lowest BCUT2D eigenvalue weighted by Gasteiger charge is -2.32. The number of nitrogens with zero attached hydrogens (tertiary/aromatic N) is 2. The summed E-state index contributed by atoms with van der Waals surface area (Å²) >= 11 is 0. The number of benzene rings is 1. The van der Waals surface area contributed by atoms with E-state index in [1.807, 2.05) is 13.1 Å². The van der Waals surface area contributed by atoms with Crippen molar-refractivity contribution in [3.05, 3.63) is 47.5 Å². The molecule has 2 N–H and O–H groups in total. The van der Waals surface area contributed by atoms with Crippen LogP contribution < -0.4 is 10.6 Å². The van der Waals surface area contributed by atoms with E-state index in [0.717, 1.165) is 51.4 Å². The Kier molecular flexibility index (Phi) is 10.1. The first-order valence-electron chi connectivity index (χ1n) is 8.98. The fourth-order valence-corrected chi connectivity index (χ4v) is 3.37. The second kappa shape index (κ2) is 11.5. The van der Waals surface area contributed by atoms with Crippen LogP contribution in [0.2, 0.25) is 0 Å². The average molecular weight is 456 g/mol. The topological polar surface area (TPSA) is 39.7 Å². The molecule has 1 fully saturated rings. The number of piperidine rings is 1. The Labute approximate surface area is 170 Å². The fraction of sp³-hybridized carbons (Fsp3) is 0.550. The van der Waals surface area contributed by atoms with Gasteiger partial charge in [-0.15, -0.1) is 30.6 Å². The number of nitrogens with one attached hydrogen (secondary N) is 2. The average Bonchev–Trinajstić information content (AvgIpc) is 2.55. The Morgan fingerprint density at radius 3 is 2.44 bits per heavy atom. The number of guanidine groups is 1. The molecule has 2 rings (SSSR count). The van der Waals surface area contributed by atoms with Crippen LogP contribution in [0.25, 0.3) is 0 Å². The monoisotopic (exact) mass is 456 g/mol. The molecule has 0 amide bonds. The van der Waals surface area contributed by atoms with Gasteiger partial charge in [-0.05, 0) is 38.7 Å². The molecule has 1 aliphatic heterocycles. The Bertz CT molecular complexity index is 543. The molecule has 1 heterocycles. The lowest BCUT2D eigenvalue weighted by Crippen LogP contribution is -2.49. The van der Waals surface area contributed by atoms with Crippen LogP contribution >= 0.6 is 24.0 Å². The molecule has 0 atom stereocenters. The zero-order valence-corrected chi connectivity index (χ0v) is 18.2. The summed E-state index contributed by atoms with van der Waals surface area (Å²) in [6.07, 6.45) is 5.32. The van der Waals surface area contributed by atoms with E-state index in [9.17, 15) is 0 Å². The standard InChI is InChI=1S/C20H32N4.HI/c1-5-10-24-11-7-19(8-12-24)23-20(21-4)22-9-6-18-14-16(2)13-17(3)15-18;/h5,13-15,19H,1,6-12H2,2-4H3,(H2,21,22,23);1H. The molecule has 5 heteroatoms. The Balaban J connectivity index is 0.00000312. The summed E-state index contributed by atoms with van der Waals surface area (Å²) in [6.45, 7) is 12.3. The predicted molar refractivity (Wildman–Crippen MR) is 119 cm³/mol. The van der Waals surface area contributed by atoms with Crippen molar-refractivity contribution >= 4 is 29.9 Å². The first-order valence-corrected chi connectivity index (χ1v) is 8.98. The van der Waals surface area contributed by atoms with Gasteiger partial charge < -0.3 is 10.6 Å². The van der Waals surface area contributed by atoms with Gasteiger partial charge in [0.25, 0.3) is 0 Å². The highest BCUT2D eigenvalue weighted by atomic mass is 127. The number of rotatable bonds is 6. The van der Waals surface area contributed by atoms with Crippen molar-refractivity contribution < 1.29 is 0 Å². The Morgan fingerprint density at radius 2 is 1.88 bits per heavy atom. The highest BCUT2D eigenvalue weighted by Gasteiger charge is 2.18. The molecule has 140 valence electrons. The van der Waals surface area contributed by atoms with Crippen LogP contribution in [-0.4, -0.2) is 50.1 Å². The number of aliphatic imine (C=N–C) groups is 1. The molecular weight excluding hydrogens is 423 g/mol. The lowest BCUT2D eigenvalue weighted by molar-refractivity contribution is 0.225. The van der Waals surface area contributed by atoms with Gasteiger partial charge in [-0.1, -0.05) is 35.4 Å². The molecule has 1 aromatic rings. The van der Waals surface area contributed by atoms with Crippen molar-refractivity contribution in [1.29, 1.82) is 0 Å². The maximum Gasteiger partial charge on any atom is 0.191 e. The van der Waals surface area contributed by atoms with Crippen LogP contribution in [0.5, 0.6) is 0 Å². The van der Waals surface area contributed by atoms with Gasteiger partial charge in [0, 0.05) is 39.3 Å². The smallest absolute Gasteiger partial charge is 0.191 e. The quantitative estimate of drug-likeness (QED) is 0.299. The van der Waals surface area contributed by atoms with Gasteiger partial charge in [0.2, 0.25) is 0 Å². The zero-order valence-electron chi connectivity index (χ0n) is 15.8. The third kappa shape index (κ3) is 7.77. The van der Waals surface area contributed by atoms with E-state index in [0.29, 0.717) is 6.04 Å². The summed E-state index contributed by atoms with van der Waals surface area (Å²) in [5.74, 6) is 0.918. The van der Waals surface area contributed by atoms with E-state index in [-0.39, 0.29) is 24.0 Å². The first-order chi connectivity index (χ1) is 11.6. The minimum atomic E-state index is 0. The van der Waals surface area contributed by atoms with Gasteiger partial charge in [-0.25, -0.2) is 0 Å². The molecular formula is C20H33IN4. The van der Waals surface area contributed by atoms with Crippen LogP contribution in [0.15, 0.2) is 35.8 Å². The minimum Gasteiger partial charge on any atom is -0.356 e. The van der Waals surface area contributed by atoms with Crippen molar-refractivity contribution in [3.8, 4) is 0 Å². The summed E-state index contributed by atoms with van der Waals surface area (Å²) < 4.78 is 0. The van der Waals surface area contributed by atoms with Gasteiger partial charge >= 0.3 is 0 Å². The highest BCUT2D eigenvalue weighted by molar-refractivity contribution is 14.0. The molecule has 0 saturated carbocycles. The lowest BCUT2D eigenvalue weighted by atomic mass is 10.0. The van der Waals surface area contributed by atoms with Gasteiger partial charge in [-0.2, -0.15) is 0 Å². The first kappa shape index (κ1) is 22.0. The van der Waals surface area contributed by atoms with E-state index < -0.39 is 0 Å². The van der Waals surface area contributed by atoms with E-state index in [1.54, 1.807) is 0 Å². The molecule has 25 heavy (non-hydrogen) atoms. The number of hydrogen-bond donors (Lipinski definition) is 2. The van der Waals surface area contributed by atoms with E-state index in [2.05, 4.69) is 59.2 Å². The Morgan fingerprint density at radius 1 is 1.24 bits per heavy atom. The fourth-order valence-electron chi connectivity index (χ4n) is 3.37. The van der Waals surface area contributed by atoms with Gasteiger partial charge in [0.15, 0.2) is 5.96 Å². The van der Waals surface area contributed by atoms with Crippen molar-refractivity contribution in [2.45, 2.75) is 39.2 Å². The van der Waals surface area contributed by atoms with Crippen molar-refractivity contribution in [1.82, 2.24) is 15.5 Å². The summed E-state index contributed by atoms with van der Waals surface area (Å²) in [5.41, 5.74) is 4.05. The molecule has 0 aromatic heterocycles. The third-order valence-corrected chi connectivity index (χ3v) is 4.53. The number of halogens is 1. The summed E-state index contributed by atoms with van der Waals surface area (Å²) in [6, 6.07) is 7.26. The third-order valence-electron chi connectivity index (χ3n) is 4.53. The van der Waals surface area contributed by atoms with Crippen LogP contribution in [0.3, 0.4) is 0 Å². The Hall–Kier alpha value is -1.08. The molecule has 0 radical (unpaired) electrons. The maximum absolute atomic E-state index is 4.37. The largest absolute Gasteiger partial charge is 0.356 e. The molecule has 0 unspecified atom stereocenters. The predicted octanol–water partition coefficient (Wildman–Crippen LogP) is 3.28. The van der Waals surface area contributed by atoms with E-state index >= 15 is 0 Å². The number of hydrogen-bond acceptors (Lipinski definition) is 2. The normalized spacial score (nSPS) is 16.2. The second-order valence-corrected chi connectivity index (χ2v) is 6.75. The molecule has 1 aliphatic rings. The SMILES string of the molecule is C=CCN1CCC(NC(=NC)NCCc2cc(C)cc(C)c2)CC1.I. The number of aryl methyl sites for hydroxylation is 2. The molecule has 0 spiro atoms. The van der Waals surface area contributed by atoms with E-state index in [4.69, 9.17) is 0 Å². The second-order valence-electron chi connectivity index (χ2n) is 6.75. The molecule has 0 aliphatic carbocycles. The van der Waals surface area contributed by atoms with Crippen LogP contribution in [0, 0.1) is 13.8 Å². The summed E-state index contributed by atoms with van der Waals surface area (Å²) in [4.78, 5) is 6.81. The molecule has 4 nitrogen and oxygen atoms in total. The van der Waals surface area contributed by atoms with Crippen LogP contribution in [0.4, 0.5) is 0 Å². The summed E-state index contributed by atoms with van der Waals surface area (Å²) in [7, 11) is 1.85. The van der Waals surface area contributed by atoms with Crippen molar-refractivity contribution in [3.63, 3.8) is 0 Å².